The molecule has 2 aromatic carbocycles. The van der Waals surface area contributed by atoms with E-state index in [1.807, 2.05) is 0 Å². The van der Waals surface area contributed by atoms with Gasteiger partial charge >= 0.3 is 59.1 Å². The number of unbranched alkanes of at least 4 members (excludes halogenated alkanes) is 14. The minimum atomic E-state index is -4.71. The summed E-state index contributed by atoms with van der Waals surface area (Å²) in [4.78, 5) is 3.96. The Balaban J connectivity index is 0.00000462. The molecule has 3 aromatic rings. The van der Waals surface area contributed by atoms with Crippen molar-refractivity contribution >= 4 is 31.3 Å². The molecule has 0 fully saturated rings. The van der Waals surface area contributed by atoms with E-state index in [4.69, 9.17) is 0 Å². The van der Waals surface area contributed by atoms with E-state index in [1.165, 1.54) is 107 Å². The number of rotatable bonds is 20. The largest absolute Gasteiger partial charge is 1.00 e. The van der Waals surface area contributed by atoms with E-state index < -0.39 is 20.2 Å². The zero-order chi connectivity index (χ0) is 29.7. The summed E-state index contributed by atoms with van der Waals surface area (Å²) in [6.07, 6.45) is 19.5. The summed E-state index contributed by atoms with van der Waals surface area (Å²) in [6.45, 7) is 2.27. The van der Waals surface area contributed by atoms with Gasteiger partial charge in [0.25, 0.3) is 0 Å². The van der Waals surface area contributed by atoms with Crippen molar-refractivity contribution in [3.63, 3.8) is 0 Å². The van der Waals surface area contributed by atoms with Gasteiger partial charge in [0.05, 0.1) is 27.4 Å². The SMILES string of the molecule is CCCCCCCCCCCCCCCCCc1nc2ccc(S(=O)(=O)[O-])cc2n1Cc1ccccc1S(=O)(=O)[O-].[Na+].[Na+]. The summed E-state index contributed by atoms with van der Waals surface area (Å²) in [6, 6.07) is 9.94. The first kappa shape index (κ1) is 40.8. The second kappa shape index (κ2) is 20.8. The Kier molecular flexibility index (Phi) is 19.7. The first-order valence-electron chi connectivity index (χ1n) is 15.1. The Morgan fingerprint density at radius 2 is 1.19 bits per heavy atom. The van der Waals surface area contributed by atoms with Gasteiger partial charge in [-0.2, -0.15) is 0 Å². The third-order valence-electron chi connectivity index (χ3n) is 7.66. The molecule has 1 heterocycles. The fraction of sp³-hybridized carbons (Fsp3) is 0.581. The van der Waals surface area contributed by atoms with E-state index in [1.54, 1.807) is 16.7 Å². The zero-order valence-electron chi connectivity index (χ0n) is 26.2. The van der Waals surface area contributed by atoms with Crippen molar-refractivity contribution < 1.29 is 85.1 Å². The minimum Gasteiger partial charge on any atom is -0.744 e. The van der Waals surface area contributed by atoms with Crippen molar-refractivity contribution in [1.29, 1.82) is 0 Å². The van der Waals surface area contributed by atoms with E-state index in [-0.39, 0.29) is 81.0 Å². The summed E-state index contributed by atoms with van der Waals surface area (Å²) < 4.78 is 72.2. The molecular weight excluding hydrogens is 606 g/mol. The molecule has 3 rings (SSSR count). The van der Waals surface area contributed by atoms with Crippen molar-refractivity contribution in [2.75, 3.05) is 0 Å². The Morgan fingerprint density at radius 3 is 1.70 bits per heavy atom. The predicted octanol–water partition coefficient (Wildman–Crippen LogP) is 1.31. The third kappa shape index (κ3) is 13.9. The molecule has 1 aromatic heterocycles. The van der Waals surface area contributed by atoms with Crippen LogP contribution in [-0.4, -0.2) is 35.5 Å². The van der Waals surface area contributed by atoms with E-state index in [9.17, 15) is 25.9 Å². The fourth-order valence-corrected chi connectivity index (χ4v) is 6.57. The molecular formula is C31H44N2Na2O6S2. The Hall–Kier alpha value is -0.270. The average molecular weight is 651 g/mol. The standard InChI is InChI=1S/C31H46N2O6S2.2Na/c1-2-3-4-5-6-7-8-9-10-11-12-13-14-15-16-21-31-32-28-23-22-27(40(34,35)36)24-29(28)33(31)25-26-19-17-18-20-30(26)41(37,38)39;;/h17-20,22-24H,2-16,21,25H2,1H3,(H,34,35,36)(H,37,38,39);;/q;2*+1/p-2. The van der Waals surface area contributed by atoms with Crippen LogP contribution in [0.2, 0.25) is 0 Å². The van der Waals surface area contributed by atoms with Gasteiger partial charge in [-0.15, -0.1) is 0 Å². The number of hydrogen-bond acceptors (Lipinski definition) is 7. The molecule has 43 heavy (non-hydrogen) atoms. The molecule has 228 valence electrons. The molecule has 0 saturated carbocycles. The van der Waals surface area contributed by atoms with Crippen LogP contribution in [-0.2, 0) is 33.2 Å². The van der Waals surface area contributed by atoms with Gasteiger partial charge in [-0.05, 0) is 36.2 Å². The van der Waals surface area contributed by atoms with Crippen molar-refractivity contribution in [2.24, 2.45) is 0 Å². The van der Waals surface area contributed by atoms with Crippen LogP contribution in [0.15, 0.2) is 52.3 Å². The number of fused-ring (bicyclic) bond motifs is 1. The van der Waals surface area contributed by atoms with E-state index in [0.29, 0.717) is 23.3 Å². The molecule has 0 N–H and O–H groups in total. The molecule has 0 spiro atoms. The van der Waals surface area contributed by atoms with Gasteiger partial charge in [0.1, 0.15) is 26.1 Å². The molecule has 0 radical (unpaired) electrons. The van der Waals surface area contributed by atoms with Gasteiger partial charge in [0.15, 0.2) is 0 Å². The van der Waals surface area contributed by atoms with E-state index >= 15 is 0 Å². The molecule has 0 unspecified atom stereocenters. The van der Waals surface area contributed by atoms with E-state index in [2.05, 4.69) is 11.9 Å². The number of benzene rings is 2. The fourth-order valence-electron chi connectivity index (χ4n) is 5.38. The second-order valence-corrected chi connectivity index (χ2v) is 13.7. The summed E-state index contributed by atoms with van der Waals surface area (Å²) >= 11 is 0. The minimum absolute atomic E-state index is 0. The average Bonchev–Trinajstić information content (AvgIpc) is 3.26. The predicted molar refractivity (Wildman–Crippen MR) is 160 cm³/mol. The molecule has 0 aliphatic rings. The first-order valence-corrected chi connectivity index (χ1v) is 17.9. The van der Waals surface area contributed by atoms with Gasteiger partial charge in [0, 0.05) is 6.42 Å². The van der Waals surface area contributed by atoms with Gasteiger partial charge in [-0.3, -0.25) is 0 Å². The number of imidazole rings is 1. The maximum absolute atomic E-state index is 11.8. The molecule has 12 heteroatoms. The van der Waals surface area contributed by atoms with Gasteiger partial charge in [0.2, 0.25) is 0 Å². The number of nitrogens with zero attached hydrogens (tertiary/aromatic N) is 2. The van der Waals surface area contributed by atoms with Crippen molar-refractivity contribution in [2.45, 2.75) is 126 Å². The van der Waals surface area contributed by atoms with Gasteiger partial charge in [-0.25, -0.2) is 21.8 Å². The Labute approximate surface area is 302 Å². The van der Waals surface area contributed by atoms with E-state index in [0.717, 1.165) is 19.3 Å². The number of aryl methyl sites for hydroxylation is 1. The van der Waals surface area contributed by atoms with Crippen LogP contribution in [0.1, 0.15) is 115 Å². The van der Waals surface area contributed by atoms with Crippen LogP contribution >= 0.6 is 0 Å². The van der Waals surface area contributed by atoms with Crippen LogP contribution in [0.4, 0.5) is 0 Å². The van der Waals surface area contributed by atoms with Crippen molar-refractivity contribution in [1.82, 2.24) is 9.55 Å². The monoisotopic (exact) mass is 650 g/mol. The molecule has 0 saturated heterocycles. The first-order chi connectivity index (χ1) is 19.6. The van der Waals surface area contributed by atoms with Crippen LogP contribution in [0.25, 0.3) is 11.0 Å². The van der Waals surface area contributed by atoms with Crippen molar-refractivity contribution in [3.8, 4) is 0 Å². The maximum atomic E-state index is 11.8. The van der Waals surface area contributed by atoms with Crippen LogP contribution in [0.5, 0.6) is 0 Å². The molecule has 8 nitrogen and oxygen atoms in total. The molecule has 0 atom stereocenters. The summed E-state index contributed by atoms with van der Waals surface area (Å²) in [5, 5.41) is 0. The quantitative estimate of drug-likeness (QED) is 0.102. The Morgan fingerprint density at radius 1 is 0.674 bits per heavy atom. The number of hydrogen-bond donors (Lipinski definition) is 0. The van der Waals surface area contributed by atoms with Crippen LogP contribution in [0, 0.1) is 0 Å². The molecule has 0 aliphatic carbocycles. The number of aromatic nitrogens is 2. The summed E-state index contributed by atoms with van der Waals surface area (Å²) in [5.41, 5.74) is 1.21. The molecule has 0 amide bonds. The Bertz CT molecular complexity index is 1460. The molecule has 0 bridgehead atoms. The zero-order valence-corrected chi connectivity index (χ0v) is 31.9. The summed E-state index contributed by atoms with van der Waals surface area (Å²) in [7, 11) is -9.39. The topological polar surface area (TPSA) is 132 Å². The van der Waals surface area contributed by atoms with Gasteiger partial charge in [-0.1, -0.05) is 115 Å². The third-order valence-corrected chi connectivity index (χ3v) is 9.43. The normalized spacial score (nSPS) is 11.8. The maximum Gasteiger partial charge on any atom is 1.00 e. The smallest absolute Gasteiger partial charge is 0.744 e. The van der Waals surface area contributed by atoms with Crippen molar-refractivity contribution in [3.05, 3.63) is 53.9 Å². The summed E-state index contributed by atoms with van der Waals surface area (Å²) in [5.74, 6) is 0.660. The van der Waals surface area contributed by atoms with Gasteiger partial charge < -0.3 is 13.7 Å². The van der Waals surface area contributed by atoms with Crippen LogP contribution in [0.3, 0.4) is 0 Å². The molecule has 0 aliphatic heterocycles. The van der Waals surface area contributed by atoms with Crippen LogP contribution < -0.4 is 59.1 Å². The second-order valence-electron chi connectivity index (χ2n) is 11.0.